The predicted octanol–water partition coefficient (Wildman–Crippen LogP) is 3.49. The molecule has 4 heteroatoms. The zero-order valence-corrected chi connectivity index (χ0v) is 13.2. The largest absolute Gasteiger partial charge is 0.494 e. The zero-order chi connectivity index (χ0) is 14.6. The molecule has 1 saturated heterocycles. The second-order valence-corrected chi connectivity index (χ2v) is 6.54. The minimum atomic E-state index is -0.209. The first-order valence-corrected chi connectivity index (χ1v) is 7.94. The molecule has 0 N–H and O–H groups in total. The molecule has 0 unspecified atom stereocenters. The minimum absolute atomic E-state index is 0.209. The Bertz CT molecular complexity index is 426. The van der Waals surface area contributed by atoms with Gasteiger partial charge in [-0.3, -0.25) is 4.79 Å². The van der Waals surface area contributed by atoms with E-state index in [9.17, 15) is 4.79 Å². The van der Waals surface area contributed by atoms with Gasteiger partial charge >= 0.3 is 0 Å². The Morgan fingerprint density at radius 1 is 1.40 bits per heavy atom. The number of allylic oxidation sites excluding steroid dienone is 2. The van der Waals surface area contributed by atoms with E-state index in [0.29, 0.717) is 24.7 Å². The van der Waals surface area contributed by atoms with E-state index in [4.69, 9.17) is 16.3 Å². The number of unbranched alkanes of at least 4 members (excludes halogenated alkanes) is 1. The third kappa shape index (κ3) is 3.78. The summed E-state index contributed by atoms with van der Waals surface area (Å²) in [4.78, 5) is 14.5. The summed E-state index contributed by atoms with van der Waals surface area (Å²) < 4.78 is 5.75. The Hall–Kier alpha value is -0.960. The van der Waals surface area contributed by atoms with Crippen LogP contribution in [0.3, 0.4) is 0 Å². The van der Waals surface area contributed by atoms with Gasteiger partial charge in [0.25, 0.3) is 0 Å². The van der Waals surface area contributed by atoms with Crippen molar-refractivity contribution in [2.75, 3.05) is 25.6 Å². The Labute approximate surface area is 126 Å². The van der Waals surface area contributed by atoms with Crippen LogP contribution >= 0.6 is 11.6 Å². The molecule has 0 radical (unpaired) electrons. The highest BCUT2D eigenvalue weighted by molar-refractivity contribution is 6.17. The molecule has 112 valence electrons. The fourth-order valence-corrected chi connectivity index (χ4v) is 2.66. The van der Waals surface area contributed by atoms with Crippen molar-refractivity contribution in [1.29, 1.82) is 0 Å². The van der Waals surface area contributed by atoms with E-state index >= 15 is 0 Å². The number of carbonyl (C=O) groups is 1. The van der Waals surface area contributed by atoms with Crippen molar-refractivity contribution in [3.63, 3.8) is 0 Å². The molecular weight excluding hydrogens is 274 g/mol. The molecule has 0 atom stereocenters. The van der Waals surface area contributed by atoms with Gasteiger partial charge in [-0.1, -0.05) is 13.8 Å². The average Bonchev–Trinajstić information content (AvgIpc) is 2.52. The number of halogens is 1. The zero-order valence-electron chi connectivity index (χ0n) is 12.5. The molecule has 0 aromatic carbocycles. The van der Waals surface area contributed by atoms with Crippen LogP contribution in [0.15, 0.2) is 23.6 Å². The minimum Gasteiger partial charge on any atom is -0.494 e. The molecular formula is C16H24ClNO2. The lowest BCUT2D eigenvalue weighted by Crippen LogP contribution is -2.27. The standard InChI is InChI=1S/C16H24ClNO2/c1-16(2)6-9-18-8-5-14(20-10-4-3-7-17)11-13(18)12-15(16)19/h5,11H,3-4,6-10,12H2,1-2H3. The molecule has 0 saturated carbocycles. The lowest BCUT2D eigenvalue weighted by Gasteiger charge is -2.28. The average molecular weight is 298 g/mol. The number of hydrogen-bond donors (Lipinski definition) is 0. The topological polar surface area (TPSA) is 29.5 Å². The van der Waals surface area contributed by atoms with Gasteiger partial charge in [0.1, 0.15) is 11.5 Å². The monoisotopic (exact) mass is 297 g/mol. The van der Waals surface area contributed by atoms with Crippen LogP contribution in [0.2, 0.25) is 0 Å². The van der Waals surface area contributed by atoms with Crippen LogP contribution in [0, 0.1) is 5.41 Å². The smallest absolute Gasteiger partial charge is 0.144 e. The number of ketones is 1. The number of Topliss-reactive ketones (excluding diaryl/α,β-unsaturated/α-hetero) is 1. The van der Waals surface area contributed by atoms with Crippen LogP contribution in [0.1, 0.15) is 39.5 Å². The van der Waals surface area contributed by atoms with Crippen molar-refractivity contribution < 1.29 is 9.53 Å². The van der Waals surface area contributed by atoms with E-state index in [-0.39, 0.29) is 5.41 Å². The molecule has 0 aliphatic carbocycles. The van der Waals surface area contributed by atoms with Gasteiger partial charge in [-0.15, -0.1) is 11.6 Å². The lowest BCUT2D eigenvalue weighted by atomic mass is 9.84. The number of fused-ring (bicyclic) bond motifs is 1. The highest BCUT2D eigenvalue weighted by atomic mass is 35.5. The maximum atomic E-state index is 12.3. The summed E-state index contributed by atoms with van der Waals surface area (Å²) in [6, 6.07) is 0. The number of ether oxygens (including phenoxy) is 1. The van der Waals surface area contributed by atoms with Crippen LogP contribution in [-0.4, -0.2) is 36.3 Å². The Kier molecular flexibility index (Phi) is 5.14. The maximum Gasteiger partial charge on any atom is 0.144 e. The summed E-state index contributed by atoms with van der Waals surface area (Å²) in [7, 11) is 0. The van der Waals surface area contributed by atoms with Crippen LogP contribution in [0.4, 0.5) is 0 Å². The molecule has 3 nitrogen and oxygen atoms in total. The van der Waals surface area contributed by atoms with Gasteiger partial charge < -0.3 is 9.64 Å². The molecule has 2 aliphatic heterocycles. The molecule has 0 aromatic heterocycles. The third-order valence-electron chi connectivity index (χ3n) is 4.13. The highest BCUT2D eigenvalue weighted by Gasteiger charge is 2.33. The molecule has 0 amide bonds. The van der Waals surface area contributed by atoms with Crippen molar-refractivity contribution in [2.24, 2.45) is 5.41 Å². The highest BCUT2D eigenvalue weighted by Crippen LogP contribution is 2.32. The Morgan fingerprint density at radius 2 is 2.20 bits per heavy atom. The van der Waals surface area contributed by atoms with E-state index in [2.05, 4.69) is 11.0 Å². The van der Waals surface area contributed by atoms with Gasteiger partial charge in [0.05, 0.1) is 6.61 Å². The normalized spacial score (nSPS) is 21.8. The van der Waals surface area contributed by atoms with Gasteiger partial charge in [0.15, 0.2) is 0 Å². The molecule has 2 heterocycles. The second-order valence-electron chi connectivity index (χ2n) is 6.17. The first kappa shape index (κ1) is 15.4. The van der Waals surface area contributed by atoms with Crippen molar-refractivity contribution >= 4 is 17.4 Å². The number of nitrogens with zero attached hydrogens (tertiary/aromatic N) is 1. The van der Waals surface area contributed by atoms with Crippen LogP contribution < -0.4 is 0 Å². The fraction of sp³-hybridized carbons (Fsp3) is 0.688. The van der Waals surface area contributed by atoms with E-state index in [0.717, 1.165) is 43.8 Å². The molecule has 2 rings (SSSR count). The van der Waals surface area contributed by atoms with E-state index in [1.54, 1.807) is 0 Å². The van der Waals surface area contributed by atoms with Gasteiger partial charge in [-0.05, 0) is 31.4 Å². The molecule has 0 aromatic rings. The van der Waals surface area contributed by atoms with Gasteiger partial charge in [0, 0.05) is 36.5 Å². The van der Waals surface area contributed by atoms with E-state index in [1.807, 2.05) is 19.9 Å². The number of carbonyl (C=O) groups excluding carboxylic acids is 1. The van der Waals surface area contributed by atoms with Gasteiger partial charge in [-0.2, -0.15) is 0 Å². The van der Waals surface area contributed by atoms with Crippen molar-refractivity contribution in [1.82, 2.24) is 4.90 Å². The first-order chi connectivity index (χ1) is 9.53. The van der Waals surface area contributed by atoms with Crippen molar-refractivity contribution in [3.05, 3.63) is 23.6 Å². The SMILES string of the molecule is CC1(C)CCN2CC=C(OCCCCCl)C=C2CC1=O. The fourth-order valence-electron chi connectivity index (χ4n) is 2.47. The second kappa shape index (κ2) is 6.66. The van der Waals surface area contributed by atoms with Gasteiger partial charge in [0.2, 0.25) is 0 Å². The molecule has 1 fully saturated rings. The Morgan fingerprint density at radius 3 is 2.95 bits per heavy atom. The quantitative estimate of drug-likeness (QED) is 0.574. The van der Waals surface area contributed by atoms with Crippen LogP contribution in [-0.2, 0) is 9.53 Å². The maximum absolute atomic E-state index is 12.3. The summed E-state index contributed by atoms with van der Waals surface area (Å²) in [5.41, 5.74) is 0.898. The summed E-state index contributed by atoms with van der Waals surface area (Å²) in [6.07, 6.45) is 7.53. The van der Waals surface area contributed by atoms with E-state index < -0.39 is 0 Å². The molecule has 0 bridgehead atoms. The first-order valence-electron chi connectivity index (χ1n) is 7.41. The summed E-state index contributed by atoms with van der Waals surface area (Å²) in [5, 5.41) is 0. The predicted molar refractivity (Wildman–Crippen MR) is 81.7 cm³/mol. The van der Waals surface area contributed by atoms with E-state index in [1.165, 1.54) is 0 Å². The van der Waals surface area contributed by atoms with Crippen LogP contribution in [0.25, 0.3) is 0 Å². The number of rotatable bonds is 5. The van der Waals surface area contributed by atoms with Crippen molar-refractivity contribution in [2.45, 2.75) is 39.5 Å². The third-order valence-corrected chi connectivity index (χ3v) is 4.40. The molecule has 2 aliphatic rings. The van der Waals surface area contributed by atoms with Crippen LogP contribution in [0.5, 0.6) is 0 Å². The summed E-state index contributed by atoms with van der Waals surface area (Å²) in [5.74, 6) is 1.91. The number of hydrogen-bond acceptors (Lipinski definition) is 3. The lowest BCUT2D eigenvalue weighted by molar-refractivity contribution is -0.126. The number of alkyl halides is 1. The Balaban J connectivity index is 1.96. The van der Waals surface area contributed by atoms with Crippen molar-refractivity contribution in [3.8, 4) is 0 Å². The molecule has 0 spiro atoms. The molecule has 20 heavy (non-hydrogen) atoms. The van der Waals surface area contributed by atoms with Gasteiger partial charge in [-0.25, -0.2) is 0 Å². The summed E-state index contributed by atoms with van der Waals surface area (Å²) in [6.45, 7) is 6.58. The summed E-state index contributed by atoms with van der Waals surface area (Å²) >= 11 is 5.65.